The molecule has 0 spiro atoms. The van der Waals surface area contributed by atoms with Gasteiger partial charge in [-0.3, -0.25) is 4.79 Å². The van der Waals surface area contributed by atoms with Crippen molar-refractivity contribution in [1.82, 2.24) is 9.62 Å². The second kappa shape index (κ2) is 11.1. The summed E-state index contributed by atoms with van der Waals surface area (Å²) < 4.78 is 33.2. The second-order valence-corrected chi connectivity index (χ2v) is 11.7. The molecule has 0 bridgehead atoms. The van der Waals surface area contributed by atoms with E-state index in [0.717, 1.165) is 16.2 Å². The molecule has 1 aliphatic heterocycles. The van der Waals surface area contributed by atoms with Gasteiger partial charge in [0.1, 0.15) is 9.96 Å². The van der Waals surface area contributed by atoms with Crippen molar-refractivity contribution in [2.75, 3.05) is 25.5 Å². The van der Waals surface area contributed by atoms with Gasteiger partial charge in [-0.25, -0.2) is 13.2 Å². The van der Waals surface area contributed by atoms with Gasteiger partial charge in [0.2, 0.25) is 0 Å². The first kappa shape index (κ1) is 25.7. The molecule has 1 saturated heterocycles. The number of aromatic carboxylic acids is 1. The van der Waals surface area contributed by atoms with Gasteiger partial charge in [-0.05, 0) is 61.4 Å². The molecule has 9 nitrogen and oxygen atoms in total. The van der Waals surface area contributed by atoms with Crippen LogP contribution in [0.25, 0.3) is 0 Å². The molecule has 0 saturated carbocycles. The van der Waals surface area contributed by atoms with Crippen LogP contribution in [-0.4, -0.2) is 55.9 Å². The summed E-state index contributed by atoms with van der Waals surface area (Å²) in [4.78, 5) is 24.3. The number of carbonyl (C=O) groups excluding carboxylic acids is 1. The minimum atomic E-state index is -3.64. The second-order valence-electron chi connectivity index (χ2n) is 8.34. The van der Waals surface area contributed by atoms with Crippen LogP contribution in [0.3, 0.4) is 0 Å². The van der Waals surface area contributed by atoms with Crippen molar-refractivity contribution >= 4 is 38.9 Å². The number of hydrogen-bond acceptors (Lipinski definition) is 7. The SMILES string of the molecule is COc1cccc(C(=O)NCc2ccc(S(=O)(=O)N3CCC(Nc4cccc(C(=O)O)c4)CC3)s2)c1. The molecule has 0 unspecified atom stereocenters. The Labute approximate surface area is 213 Å². The molecule has 1 aliphatic rings. The van der Waals surface area contributed by atoms with Gasteiger partial charge in [0.05, 0.1) is 19.2 Å². The molecule has 1 fully saturated rings. The summed E-state index contributed by atoms with van der Waals surface area (Å²) in [6, 6.07) is 16.7. The van der Waals surface area contributed by atoms with Crippen molar-refractivity contribution < 1.29 is 27.9 Å². The molecule has 0 atom stereocenters. The number of benzene rings is 2. The molecule has 1 aromatic heterocycles. The lowest BCUT2D eigenvalue weighted by Crippen LogP contribution is -2.42. The van der Waals surface area contributed by atoms with E-state index in [1.54, 1.807) is 54.6 Å². The third-order valence-electron chi connectivity index (χ3n) is 5.92. The van der Waals surface area contributed by atoms with Gasteiger partial charge >= 0.3 is 5.97 Å². The number of methoxy groups -OCH3 is 1. The number of sulfonamides is 1. The topological polar surface area (TPSA) is 125 Å². The van der Waals surface area contributed by atoms with E-state index >= 15 is 0 Å². The molecule has 2 heterocycles. The van der Waals surface area contributed by atoms with Crippen molar-refractivity contribution in [2.24, 2.45) is 0 Å². The van der Waals surface area contributed by atoms with E-state index in [4.69, 9.17) is 9.84 Å². The first-order valence-corrected chi connectivity index (χ1v) is 13.6. The molecular formula is C25H27N3O6S2. The summed E-state index contributed by atoms with van der Waals surface area (Å²) in [6.07, 6.45) is 1.21. The third-order valence-corrected chi connectivity index (χ3v) is 9.37. The fourth-order valence-electron chi connectivity index (χ4n) is 3.97. The highest BCUT2D eigenvalue weighted by Crippen LogP contribution is 2.28. The van der Waals surface area contributed by atoms with Crippen LogP contribution < -0.4 is 15.4 Å². The molecular weight excluding hydrogens is 502 g/mol. The molecule has 11 heteroatoms. The number of piperidine rings is 1. The van der Waals surface area contributed by atoms with E-state index < -0.39 is 16.0 Å². The van der Waals surface area contributed by atoms with Crippen LogP contribution in [0.15, 0.2) is 64.9 Å². The summed E-state index contributed by atoms with van der Waals surface area (Å²) in [5.74, 6) is -0.676. The summed E-state index contributed by atoms with van der Waals surface area (Å²) in [7, 11) is -2.11. The molecule has 3 aromatic rings. The zero-order chi connectivity index (χ0) is 25.7. The number of amides is 1. The fraction of sp³-hybridized carbons (Fsp3) is 0.280. The maximum absolute atomic E-state index is 13.2. The maximum Gasteiger partial charge on any atom is 0.335 e. The monoisotopic (exact) mass is 529 g/mol. The zero-order valence-corrected chi connectivity index (χ0v) is 21.3. The Morgan fingerprint density at radius 2 is 1.78 bits per heavy atom. The highest BCUT2D eigenvalue weighted by molar-refractivity contribution is 7.91. The fourth-order valence-corrected chi connectivity index (χ4v) is 6.89. The van der Waals surface area contributed by atoms with E-state index in [1.807, 2.05) is 0 Å². The highest BCUT2D eigenvalue weighted by Gasteiger charge is 2.30. The number of carboxylic acid groups (broad SMARTS) is 1. The Balaban J connectivity index is 1.32. The number of anilines is 1. The number of nitrogens with one attached hydrogen (secondary N) is 2. The van der Waals surface area contributed by atoms with Crippen LogP contribution in [0.1, 0.15) is 38.4 Å². The van der Waals surface area contributed by atoms with Crippen LogP contribution in [0.5, 0.6) is 5.75 Å². The number of hydrogen-bond donors (Lipinski definition) is 3. The van der Waals surface area contributed by atoms with Gasteiger partial charge < -0.3 is 20.5 Å². The number of thiophene rings is 1. The number of carbonyl (C=O) groups is 2. The minimum Gasteiger partial charge on any atom is -0.497 e. The average Bonchev–Trinajstić information content (AvgIpc) is 3.38. The van der Waals surface area contributed by atoms with E-state index in [2.05, 4.69) is 10.6 Å². The normalized spacial score (nSPS) is 14.8. The van der Waals surface area contributed by atoms with Crippen LogP contribution in [0.4, 0.5) is 5.69 Å². The van der Waals surface area contributed by atoms with Gasteiger partial charge in [0, 0.05) is 35.3 Å². The van der Waals surface area contributed by atoms with Crippen LogP contribution in [-0.2, 0) is 16.6 Å². The summed E-state index contributed by atoms with van der Waals surface area (Å²) in [5, 5.41) is 15.3. The van der Waals surface area contributed by atoms with Gasteiger partial charge in [-0.1, -0.05) is 12.1 Å². The number of carboxylic acids is 1. The van der Waals surface area contributed by atoms with Gasteiger partial charge in [-0.15, -0.1) is 11.3 Å². The van der Waals surface area contributed by atoms with Crippen molar-refractivity contribution in [1.29, 1.82) is 0 Å². The molecule has 0 radical (unpaired) electrons. The number of nitrogens with zero attached hydrogens (tertiary/aromatic N) is 1. The van der Waals surface area contributed by atoms with E-state index in [0.29, 0.717) is 42.9 Å². The smallest absolute Gasteiger partial charge is 0.335 e. The quantitative estimate of drug-likeness (QED) is 0.386. The molecule has 36 heavy (non-hydrogen) atoms. The van der Waals surface area contributed by atoms with E-state index in [9.17, 15) is 18.0 Å². The van der Waals surface area contributed by atoms with Crippen molar-refractivity contribution in [3.05, 3.63) is 76.7 Å². The number of rotatable bonds is 9. The summed E-state index contributed by atoms with van der Waals surface area (Å²) in [5.41, 5.74) is 1.37. The predicted octanol–water partition coefficient (Wildman–Crippen LogP) is 3.65. The Morgan fingerprint density at radius 1 is 1.06 bits per heavy atom. The van der Waals surface area contributed by atoms with Crippen molar-refractivity contribution in [3.63, 3.8) is 0 Å². The lowest BCUT2D eigenvalue weighted by Gasteiger charge is -2.31. The first-order valence-electron chi connectivity index (χ1n) is 11.4. The number of ether oxygens (including phenoxy) is 1. The van der Waals surface area contributed by atoms with Crippen molar-refractivity contribution in [2.45, 2.75) is 29.6 Å². The van der Waals surface area contributed by atoms with E-state index in [1.165, 1.54) is 17.5 Å². The molecule has 190 valence electrons. The Kier molecular flexibility index (Phi) is 7.92. The summed E-state index contributed by atoms with van der Waals surface area (Å²) in [6.45, 7) is 0.939. The minimum absolute atomic E-state index is 0.0474. The predicted molar refractivity (Wildman–Crippen MR) is 137 cm³/mol. The lowest BCUT2D eigenvalue weighted by molar-refractivity contribution is 0.0696. The lowest BCUT2D eigenvalue weighted by atomic mass is 10.1. The van der Waals surface area contributed by atoms with Crippen LogP contribution >= 0.6 is 11.3 Å². The Bertz CT molecular complexity index is 1350. The standard InChI is InChI=1S/C25H27N3O6S2/c1-34-21-7-3-4-17(15-21)24(29)26-16-22-8-9-23(35-22)36(32,33)28-12-10-19(11-13-28)27-20-6-2-5-18(14-20)25(30)31/h2-9,14-15,19,27H,10-13,16H2,1H3,(H,26,29)(H,30,31). The highest BCUT2D eigenvalue weighted by atomic mass is 32.2. The summed E-state index contributed by atoms with van der Waals surface area (Å²) >= 11 is 1.15. The maximum atomic E-state index is 13.2. The molecule has 2 aromatic carbocycles. The third kappa shape index (κ3) is 6.04. The molecule has 0 aliphatic carbocycles. The average molecular weight is 530 g/mol. The van der Waals surface area contributed by atoms with Gasteiger partial charge in [-0.2, -0.15) is 4.31 Å². The molecule has 3 N–H and O–H groups in total. The van der Waals surface area contributed by atoms with Crippen LogP contribution in [0, 0.1) is 0 Å². The van der Waals surface area contributed by atoms with Crippen molar-refractivity contribution in [3.8, 4) is 5.75 Å². The van der Waals surface area contributed by atoms with E-state index in [-0.39, 0.29) is 28.3 Å². The van der Waals surface area contributed by atoms with Gasteiger partial charge in [0.15, 0.2) is 0 Å². The van der Waals surface area contributed by atoms with Gasteiger partial charge in [0.25, 0.3) is 15.9 Å². The molecule has 4 rings (SSSR count). The molecule has 1 amide bonds. The van der Waals surface area contributed by atoms with Crippen LogP contribution in [0.2, 0.25) is 0 Å². The zero-order valence-electron chi connectivity index (χ0n) is 19.6. The Hall–Kier alpha value is -3.41. The largest absolute Gasteiger partial charge is 0.497 e. The first-order chi connectivity index (χ1) is 17.3. The Morgan fingerprint density at radius 3 is 2.50 bits per heavy atom.